The van der Waals surface area contributed by atoms with Crippen molar-refractivity contribution in [1.82, 2.24) is 0 Å². The number of methoxy groups -OCH3 is 1. The van der Waals surface area contributed by atoms with Crippen LogP contribution in [0.3, 0.4) is 0 Å². The van der Waals surface area contributed by atoms with Crippen LogP contribution in [-0.4, -0.2) is 7.11 Å². The van der Waals surface area contributed by atoms with Crippen molar-refractivity contribution >= 4 is 0 Å². The number of benzene rings is 1. The van der Waals surface area contributed by atoms with Gasteiger partial charge in [0.15, 0.2) is 0 Å². The zero-order chi connectivity index (χ0) is 8.97. The first kappa shape index (κ1) is 13.2. The van der Waals surface area contributed by atoms with Gasteiger partial charge in [-0.25, -0.2) is 0 Å². The van der Waals surface area contributed by atoms with Crippen LogP contribution in [0.5, 0.6) is 11.5 Å². The third kappa shape index (κ3) is 3.83. The first-order valence-electron chi connectivity index (χ1n) is 3.72. The van der Waals surface area contributed by atoms with E-state index in [-0.39, 0.29) is 57.1 Å². The molecule has 0 aliphatic heterocycles. The summed E-state index contributed by atoms with van der Waals surface area (Å²) in [5.41, 5.74) is 0.726. The SMILES string of the molecule is C=CCc1cc(OC)ccc1[O-].[K+]. The second-order valence-electron chi connectivity index (χ2n) is 2.47. The minimum atomic E-state index is 0. The molecule has 0 unspecified atom stereocenters. The van der Waals surface area contributed by atoms with Gasteiger partial charge in [-0.2, -0.15) is 0 Å². The molecular formula is C10H11KO2. The van der Waals surface area contributed by atoms with Gasteiger partial charge in [-0.05, 0) is 24.1 Å². The molecule has 0 spiro atoms. The Kier molecular flexibility index (Phi) is 6.72. The Morgan fingerprint density at radius 1 is 1.54 bits per heavy atom. The van der Waals surface area contributed by atoms with Crippen LogP contribution >= 0.6 is 0 Å². The second kappa shape index (κ2) is 6.62. The molecule has 0 saturated carbocycles. The minimum Gasteiger partial charge on any atom is -0.872 e. The van der Waals surface area contributed by atoms with Gasteiger partial charge in [0.2, 0.25) is 0 Å². The first-order valence-corrected chi connectivity index (χ1v) is 3.72. The predicted molar refractivity (Wildman–Crippen MR) is 46.3 cm³/mol. The summed E-state index contributed by atoms with van der Waals surface area (Å²) in [5.74, 6) is 0.752. The minimum absolute atomic E-state index is 0. The molecule has 0 heterocycles. The average Bonchev–Trinajstić information content (AvgIpc) is 2.09. The van der Waals surface area contributed by atoms with Crippen molar-refractivity contribution in [3.63, 3.8) is 0 Å². The summed E-state index contributed by atoms with van der Waals surface area (Å²) in [6.45, 7) is 3.57. The maximum absolute atomic E-state index is 11.2. The molecule has 0 amide bonds. The molecule has 2 nitrogen and oxygen atoms in total. The number of rotatable bonds is 3. The van der Waals surface area contributed by atoms with E-state index in [0.717, 1.165) is 5.56 Å². The molecule has 1 aromatic carbocycles. The molecule has 0 atom stereocenters. The molecule has 0 fully saturated rings. The van der Waals surface area contributed by atoms with Crippen molar-refractivity contribution < 1.29 is 61.2 Å². The van der Waals surface area contributed by atoms with Gasteiger partial charge in [0, 0.05) is 0 Å². The van der Waals surface area contributed by atoms with Crippen LogP contribution in [0.15, 0.2) is 30.9 Å². The summed E-state index contributed by atoms with van der Waals surface area (Å²) in [6.07, 6.45) is 2.30. The van der Waals surface area contributed by atoms with Crippen LogP contribution in [0, 0.1) is 0 Å². The van der Waals surface area contributed by atoms with Crippen molar-refractivity contribution in [2.75, 3.05) is 7.11 Å². The molecule has 0 bridgehead atoms. The number of hydrogen-bond acceptors (Lipinski definition) is 2. The van der Waals surface area contributed by atoms with E-state index >= 15 is 0 Å². The summed E-state index contributed by atoms with van der Waals surface area (Å²) < 4.78 is 4.98. The molecule has 0 N–H and O–H groups in total. The van der Waals surface area contributed by atoms with E-state index in [0.29, 0.717) is 12.2 Å². The number of hydrogen-bond donors (Lipinski definition) is 0. The molecule has 1 aromatic rings. The molecule has 0 aliphatic carbocycles. The molecule has 64 valence electrons. The van der Waals surface area contributed by atoms with Gasteiger partial charge in [-0.1, -0.05) is 12.1 Å². The van der Waals surface area contributed by atoms with Crippen LogP contribution in [-0.2, 0) is 6.42 Å². The number of ether oxygens (including phenoxy) is 1. The van der Waals surface area contributed by atoms with Crippen molar-refractivity contribution in [3.8, 4) is 11.5 Å². The summed E-state index contributed by atoms with van der Waals surface area (Å²) in [5, 5.41) is 11.2. The zero-order valence-corrected chi connectivity index (χ0v) is 11.2. The van der Waals surface area contributed by atoms with Gasteiger partial charge < -0.3 is 9.84 Å². The summed E-state index contributed by atoms with van der Waals surface area (Å²) in [4.78, 5) is 0. The monoisotopic (exact) mass is 202 g/mol. The van der Waals surface area contributed by atoms with Gasteiger partial charge in [-0.3, -0.25) is 0 Å². The smallest absolute Gasteiger partial charge is 0.872 e. The Labute approximate surface area is 121 Å². The van der Waals surface area contributed by atoms with E-state index in [1.807, 2.05) is 0 Å². The Balaban J connectivity index is 0.00000144. The van der Waals surface area contributed by atoms with Crippen molar-refractivity contribution in [1.29, 1.82) is 0 Å². The van der Waals surface area contributed by atoms with Crippen LogP contribution in [0.1, 0.15) is 5.56 Å². The van der Waals surface area contributed by atoms with Crippen LogP contribution in [0.2, 0.25) is 0 Å². The molecule has 0 saturated heterocycles. The normalized spacial score (nSPS) is 8.69. The van der Waals surface area contributed by atoms with E-state index in [1.165, 1.54) is 6.07 Å². The molecule has 0 aliphatic rings. The summed E-state index contributed by atoms with van der Waals surface area (Å²) in [6, 6.07) is 4.91. The quantitative estimate of drug-likeness (QED) is 0.441. The molecule has 0 radical (unpaired) electrons. The van der Waals surface area contributed by atoms with Gasteiger partial charge in [-0.15, -0.1) is 12.3 Å². The van der Waals surface area contributed by atoms with E-state index in [9.17, 15) is 5.11 Å². The topological polar surface area (TPSA) is 32.3 Å². The fraction of sp³-hybridized carbons (Fsp3) is 0.200. The van der Waals surface area contributed by atoms with Crippen LogP contribution < -0.4 is 61.2 Å². The largest absolute Gasteiger partial charge is 1.00 e. The van der Waals surface area contributed by atoms with E-state index in [2.05, 4.69) is 6.58 Å². The van der Waals surface area contributed by atoms with Crippen molar-refractivity contribution in [3.05, 3.63) is 36.4 Å². The molecule has 3 heteroatoms. The Morgan fingerprint density at radius 2 is 2.23 bits per heavy atom. The Hall–Kier alpha value is 0.196. The first-order chi connectivity index (χ1) is 5.77. The van der Waals surface area contributed by atoms with E-state index < -0.39 is 0 Å². The van der Waals surface area contributed by atoms with Gasteiger partial charge >= 0.3 is 51.4 Å². The molecular weight excluding hydrogens is 191 g/mol. The van der Waals surface area contributed by atoms with Gasteiger partial charge in [0.25, 0.3) is 0 Å². The maximum Gasteiger partial charge on any atom is 1.00 e. The van der Waals surface area contributed by atoms with Gasteiger partial charge in [0.1, 0.15) is 5.75 Å². The van der Waals surface area contributed by atoms with Gasteiger partial charge in [0.05, 0.1) is 7.11 Å². The Bertz CT molecular complexity index is 284. The van der Waals surface area contributed by atoms with E-state index in [1.54, 1.807) is 25.3 Å². The van der Waals surface area contributed by atoms with Crippen LogP contribution in [0.25, 0.3) is 0 Å². The standard InChI is InChI=1S/C10H12O2.K/c1-3-4-8-7-9(12-2)5-6-10(8)11;/h3,5-7,11H,1,4H2,2H3;/q;+1/p-1. The zero-order valence-electron chi connectivity index (χ0n) is 8.04. The van der Waals surface area contributed by atoms with Crippen molar-refractivity contribution in [2.45, 2.75) is 6.42 Å². The van der Waals surface area contributed by atoms with Crippen LogP contribution in [0.4, 0.5) is 0 Å². The fourth-order valence-electron chi connectivity index (χ4n) is 0.998. The molecule has 1 rings (SSSR count). The third-order valence-electron chi connectivity index (χ3n) is 1.63. The summed E-state index contributed by atoms with van der Waals surface area (Å²) in [7, 11) is 1.58. The Morgan fingerprint density at radius 3 is 2.77 bits per heavy atom. The maximum atomic E-state index is 11.2. The summed E-state index contributed by atoms with van der Waals surface area (Å²) >= 11 is 0. The van der Waals surface area contributed by atoms with Crippen molar-refractivity contribution in [2.24, 2.45) is 0 Å². The number of allylic oxidation sites excluding steroid dienone is 1. The fourth-order valence-corrected chi connectivity index (χ4v) is 0.998. The third-order valence-corrected chi connectivity index (χ3v) is 1.63. The average molecular weight is 202 g/mol. The second-order valence-corrected chi connectivity index (χ2v) is 2.47. The predicted octanol–water partition coefficient (Wildman–Crippen LogP) is -1.50. The molecule has 13 heavy (non-hydrogen) atoms. The molecule has 0 aromatic heterocycles. The van der Waals surface area contributed by atoms with E-state index in [4.69, 9.17) is 4.74 Å².